The summed E-state index contributed by atoms with van der Waals surface area (Å²) in [5.74, 6) is 0. The predicted molar refractivity (Wildman–Crippen MR) is 74.8 cm³/mol. The maximum absolute atomic E-state index is 12.5. The normalized spacial score (nSPS) is 21.7. The second-order valence-electron chi connectivity index (χ2n) is 4.34. The fourth-order valence-electron chi connectivity index (χ4n) is 2.20. The summed E-state index contributed by atoms with van der Waals surface area (Å²) in [7, 11) is -3.49. The van der Waals surface area contributed by atoms with Crippen molar-refractivity contribution in [3.8, 4) is 0 Å². The molecular weight excluding hydrogens is 268 g/mol. The molecule has 0 bridgehead atoms. The Balaban J connectivity index is 2.36. The number of hydrogen-bond donors (Lipinski definition) is 1. The van der Waals surface area contributed by atoms with Gasteiger partial charge < -0.3 is 5.73 Å². The molecule has 0 spiro atoms. The molecule has 2 rings (SSSR count). The van der Waals surface area contributed by atoms with E-state index in [4.69, 9.17) is 18.0 Å². The highest BCUT2D eigenvalue weighted by Crippen LogP contribution is 2.25. The molecule has 0 saturated carbocycles. The number of sulfonamides is 1. The maximum atomic E-state index is 12.5. The zero-order valence-electron chi connectivity index (χ0n) is 9.95. The lowest BCUT2D eigenvalue weighted by Crippen LogP contribution is -2.49. The monoisotopic (exact) mass is 284 g/mol. The van der Waals surface area contributed by atoms with Crippen molar-refractivity contribution in [2.45, 2.75) is 30.2 Å². The van der Waals surface area contributed by atoms with Crippen LogP contribution in [0.3, 0.4) is 0 Å². The Hall–Kier alpha value is -0.980. The lowest BCUT2D eigenvalue weighted by Gasteiger charge is -2.33. The third-order valence-electron chi connectivity index (χ3n) is 3.13. The largest absolute Gasteiger partial charge is 0.392 e. The fourth-order valence-corrected chi connectivity index (χ4v) is 4.21. The molecule has 1 atom stereocenters. The summed E-state index contributed by atoms with van der Waals surface area (Å²) in [4.78, 5) is 0.558. The van der Waals surface area contributed by atoms with Gasteiger partial charge in [-0.3, -0.25) is 0 Å². The fraction of sp³-hybridized carbons (Fsp3) is 0.417. The lowest BCUT2D eigenvalue weighted by atomic mass is 10.1. The highest BCUT2D eigenvalue weighted by molar-refractivity contribution is 7.89. The molecule has 1 saturated heterocycles. The molecule has 0 aromatic heterocycles. The van der Waals surface area contributed by atoms with Gasteiger partial charge in [0.05, 0.1) is 15.9 Å². The van der Waals surface area contributed by atoms with Crippen molar-refractivity contribution in [2.75, 3.05) is 6.54 Å². The van der Waals surface area contributed by atoms with Crippen LogP contribution in [0.1, 0.15) is 19.3 Å². The third kappa shape index (κ3) is 2.55. The van der Waals surface area contributed by atoms with Gasteiger partial charge in [-0.1, -0.05) is 36.8 Å². The minimum absolute atomic E-state index is 0.259. The summed E-state index contributed by atoms with van der Waals surface area (Å²) in [5.41, 5.74) is 5.66. The van der Waals surface area contributed by atoms with E-state index in [0.29, 0.717) is 17.9 Å². The molecule has 98 valence electrons. The molecule has 1 aliphatic rings. The summed E-state index contributed by atoms with van der Waals surface area (Å²) in [6, 6.07) is 8.07. The Morgan fingerprint density at radius 2 is 1.94 bits per heavy atom. The van der Waals surface area contributed by atoms with Gasteiger partial charge in [-0.2, -0.15) is 4.31 Å². The van der Waals surface area contributed by atoms with E-state index in [2.05, 4.69) is 0 Å². The van der Waals surface area contributed by atoms with E-state index in [-0.39, 0.29) is 11.0 Å². The number of nitrogens with zero attached hydrogens (tertiary/aromatic N) is 1. The van der Waals surface area contributed by atoms with Gasteiger partial charge in [0.15, 0.2) is 0 Å². The van der Waals surface area contributed by atoms with Crippen molar-refractivity contribution >= 4 is 27.2 Å². The van der Waals surface area contributed by atoms with Crippen molar-refractivity contribution in [3.63, 3.8) is 0 Å². The number of nitrogens with two attached hydrogens (primary N) is 1. The average molecular weight is 284 g/mol. The van der Waals surface area contributed by atoms with Crippen molar-refractivity contribution in [2.24, 2.45) is 5.73 Å². The predicted octanol–water partition coefficient (Wildman–Crippen LogP) is 1.52. The first-order valence-electron chi connectivity index (χ1n) is 5.89. The molecule has 0 amide bonds. The second kappa shape index (κ2) is 5.34. The minimum atomic E-state index is -3.49. The highest BCUT2D eigenvalue weighted by atomic mass is 32.2. The minimum Gasteiger partial charge on any atom is -0.392 e. The summed E-state index contributed by atoms with van der Waals surface area (Å²) < 4.78 is 26.5. The molecule has 2 N–H and O–H groups in total. The molecule has 1 aromatic rings. The van der Waals surface area contributed by atoms with Crippen LogP contribution in [-0.2, 0) is 10.0 Å². The van der Waals surface area contributed by atoms with Crippen molar-refractivity contribution < 1.29 is 8.42 Å². The Labute approximate surface area is 113 Å². The van der Waals surface area contributed by atoms with E-state index in [1.165, 1.54) is 4.31 Å². The Morgan fingerprint density at radius 1 is 1.28 bits per heavy atom. The van der Waals surface area contributed by atoms with Crippen molar-refractivity contribution in [3.05, 3.63) is 30.3 Å². The first-order chi connectivity index (χ1) is 8.53. The molecule has 18 heavy (non-hydrogen) atoms. The number of hydrogen-bond acceptors (Lipinski definition) is 3. The van der Waals surface area contributed by atoms with Crippen LogP contribution >= 0.6 is 12.2 Å². The standard InChI is InChI=1S/C12H16N2O2S2/c13-12(17)11-8-4-5-9-14(11)18(15,16)10-6-2-1-3-7-10/h1-3,6-7,11H,4-5,8-9H2,(H2,13,17). The molecule has 1 fully saturated rings. The Morgan fingerprint density at radius 3 is 2.56 bits per heavy atom. The zero-order chi connectivity index (χ0) is 13.2. The van der Waals surface area contributed by atoms with Crippen molar-refractivity contribution in [1.82, 2.24) is 4.31 Å². The van der Waals surface area contributed by atoms with Crippen LogP contribution in [0.25, 0.3) is 0 Å². The first kappa shape index (κ1) is 13.5. The molecular formula is C12H16N2O2S2. The summed E-state index contributed by atoms with van der Waals surface area (Å²) in [5, 5.41) is 0. The van der Waals surface area contributed by atoms with Crippen LogP contribution in [-0.4, -0.2) is 30.3 Å². The second-order valence-corrected chi connectivity index (χ2v) is 6.70. The van der Waals surface area contributed by atoms with Crippen LogP contribution in [0.5, 0.6) is 0 Å². The van der Waals surface area contributed by atoms with Gasteiger partial charge in [-0.05, 0) is 25.0 Å². The third-order valence-corrected chi connectivity index (χ3v) is 5.33. The van der Waals surface area contributed by atoms with Crippen LogP contribution in [0, 0.1) is 0 Å². The molecule has 1 aromatic carbocycles. The van der Waals surface area contributed by atoms with Gasteiger partial charge in [0.1, 0.15) is 0 Å². The lowest BCUT2D eigenvalue weighted by molar-refractivity contribution is 0.306. The van der Waals surface area contributed by atoms with Crippen LogP contribution in [0.2, 0.25) is 0 Å². The van der Waals surface area contributed by atoms with Gasteiger partial charge in [-0.15, -0.1) is 0 Å². The Kier molecular flexibility index (Phi) is 3.99. The molecule has 4 nitrogen and oxygen atoms in total. The van der Waals surface area contributed by atoms with Crippen LogP contribution in [0.15, 0.2) is 35.2 Å². The topological polar surface area (TPSA) is 63.4 Å². The molecule has 1 aliphatic heterocycles. The molecule has 0 radical (unpaired) electrons. The number of rotatable bonds is 3. The van der Waals surface area contributed by atoms with Crippen molar-refractivity contribution in [1.29, 1.82) is 0 Å². The van der Waals surface area contributed by atoms with E-state index >= 15 is 0 Å². The number of thiocarbonyl (C=S) groups is 1. The molecule has 6 heteroatoms. The van der Waals surface area contributed by atoms with Crippen LogP contribution in [0.4, 0.5) is 0 Å². The summed E-state index contributed by atoms with van der Waals surface area (Å²) in [6.45, 7) is 0.485. The van der Waals surface area contributed by atoms with E-state index in [1.807, 2.05) is 0 Å². The van der Waals surface area contributed by atoms with Crippen LogP contribution < -0.4 is 5.73 Å². The SMILES string of the molecule is NC(=S)C1CCCCN1S(=O)(=O)c1ccccc1. The smallest absolute Gasteiger partial charge is 0.243 e. The van der Waals surface area contributed by atoms with Gasteiger partial charge in [-0.25, -0.2) is 8.42 Å². The van der Waals surface area contributed by atoms with E-state index in [0.717, 1.165) is 12.8 Å². The molecule has 1 unspecified atom stereocenters. The highest BCUT2D eigenvalue weighted by Gasteiger charge is 2.34. The number of piperidine rings is 1. The average Bonchev–Trinajstić information content (AvgIpc) is 2.39. The Bertz CT molecular complexity index is 528. The van der Waals surface area contributed by atoms with E-state index < -0.39 is 10.0 Å². The van der Waals surface area contributed by atoms with Gasteiger partial charge in [0.25, 0.3) is 0 Å². The van der Waals surface area contributed by atoms with Gasteiger partial charge in [0, 0.05) is 6.54 Å². The van der Waals surface area contributed by atoms with E-state index in [9.17, 15) is 8.42 Å². The maximum Gasteiger partial charge on any atom is 0.243 e. The zero-order valence-corrected chi connectivity index (χ0v) is 11.6. The van der Waals surface area contributed by atoms with Gasteiger partial charge >= 0.3 is 0 Å². The quantitative estimate of drug-likeness (QED) is 0.855. The summed E-state index contributed by atoms with van der Waals surface area (Å²) in [6.07, 6.45) is 2.52. The van der Waals surface area contributed by atoms with Gasteiger partial charge in [0.2, 0.25) is 10.0 Å². The molecule has 0 aliphatic carbocycles. The number of benzene rings is 1. The summed E-state index contributed by atoms with van der Waals surface area (Å²) >= 11 is 4.98. The molecule has 1 heterocycles. The van der Waals surface area contributed by atoms with E-state index in [1.54, 1.807) is 30.3 Å². The first-order valence-corrected chi connectivity index (χ1v) is 7.74.